The Balaban J connectivity index is 1.94. The maximum absolute atomic E-state index is 12.7. The normalized spacial score (nSPS) is 11.7. The molecule has 3 aromatic rings. The van der Waals surface area contributed by atoms with Crippen molar-refractivity contribution < 1.29 is 8.42 Å². The molecule has 0 amide bonds. The molecule has 0 saturated heterocycles. The minimum Gasteiger partial charge on any atom is -0.280 e. The van der Waals surface area contributed by atoms with E-state index in [4.69, 9.17) is 11.6 Å². The summed E-state index contributed by atoms with van der Waals surface area (Å²) in [5, 5.41) is 11.2. The van der Waals surface area contributed by atoms with Gasteiger partial charge in [0.1, 0.15) is 11.0 Å². The van der Waals surface area contributed by atoms with Crippen molar-refractivity contribution in [2.75, 3.05) is 22.8 Å². The van der Waals surface area contributed by atoms with Crippen LogP contribution < -0.4 is 9.73 Å². The summed E-state index contributed by atoms with van der Waals surface area (Å²) in [4.78, 5) is 1.70. The van der Waals surface area contributed by atoms with Gasteiger partial charge in [0.15, 0.2) is 0 Å². The molecule has 26 heavy (non-hydrogen) atoms. The Hall–Kier alpha value is -2.32. The molecule has 9 heteroatoms. The Morgan fingerprint density at radius 3 is 2.50 bits per heavy atom. The zero-order chi connectivity index (χ0) is 18.9. The number of sulfonamides is 1. The van der Waals surface area contributed by atoms with Crippen molar-refractivity contribution in [1.82, 2.24) is 15.1 Å². The standard InChI is InChI=1S/C17H20ClN5O2S/c1-4-22(5-2)23-19-15-10-9-13(11-16(15)20-23)21-26(24,25)17-8-6-7-14(18)12(17)3/h6-11,21H,4-5H2,1-3H3. The number of hydrogen-bond donors (Lipinski definition) is 1. The first-order chi connectivity index (χ1) is 12.4. The van der Waals surface area contributed by atoms with Crippen LogP contribution in [0.15, 0.2) is 41.3 Å². The summed E-state index contributed by atoms with van der Waals surface area (Å²) in [6, 6.07) is 9.88. The van der Waals surface area contributed by atoms with Gasteiger partial charge in [0, 0.05) is 18.1 Å². The molecule has 0 spiro atoms. The Morgan fingerprint density at radius 2 is 1.81 bits per heavy atom. The van der Waals surface area contributed by atoms with Crippen LogP contribution in [-0.4, -0.2) is 36.6 Å². The van der Waals surface area contributed by atoms with Gasteiger partial charge in [0.2, 0.25) is 0 Å². The number of nitrogens with one attached hydrogen (secondary N) is 1. The topological polar surface area (TPSA) is 80.1 Å². The molecule has 0 bridgehead atoms. The molecule has 0 fully saturated rings. The van der Waals surface area contributed by atoms with E-state index in [1.54, 1.807) is 42.2 Å². The summed E-state index contributed by atoms with van der Waals surface area (Å²) in [6.45, 7) is 7.25. The van der Waals surface area contributed by atoms with Crippen molar-refractivity contribution in [1.29, 1.82) is 0 Å². The fraction of sp³-hybridized carbons (Fsp3) is 0.294. The van der Waals surface area contributed by atoms with E-state index in [2.05, 4.69) is 14.9 Å². The van der Waals surface area contributed by atoms with Crippen LogP contribution in [-0.2, 0) is 10.0 Å². The van der Waals surface area contributed by atoms with Gasteiger partial charge in [-0.25, -0.2) is 8.42 Å². The van der Waals surface area contributed by atoms with E-state index in [0.29, 0.717) is 27.3 Å². The van der Waals surface area contributed by atoms with Crippen LogP contribution in [0.3, 0.4) is 0 Å². The maximum atomic E-state index is 12.7. The summed E-state index contributed by atoms with van der Waals surface area (Å²) in [6.07, 6.45) is 0. The van der Waals surface area contributed by atoms with Gasteiger partial charge in [-0.05, 0) is 56.7 Å². The van der Waals surface area contributed by atoms with E-state index >= 15 is 0 Å². The van der Waals surface area contributed by atoms with Crippen LogP contribution in [0.5, 0.6) is 0 Å². The number of aromatic nitrogens is 3. The molecule has 0 aliphatic heterocycles. The summed E-state index contributed by atoms with van der Waals surface area (Å²) >= 11 is 6.04. The van der Waals surface area contributed by atoms with Gasteiger partial charge in [-0.2, -0.15) is 0 Å². The SMILES string of the molecule is CCN(CC)n1nc2ccc(NS(=O)(=O)c3cccc(Cl)c3C)cc2n1. The molecule has 0 aliphatic carbocycles. The van der Waals surface area contributed by atoms with Crippen LogP contribution in [0, 0.1) is 6.92 Å². The van der Waals surface area contributed by atoms with Crippen LogP contribution in [0.25, 0.3) is 11.0 Å². The number of halogens is 1. The zero-order valence-electron chi connectivity index (χ0n) is 14.8. The quantitative estimate of drug-likeness (QED) is 0.695. The lowest BCUT2D eigenvalue weighted by molar-refractivity contribution is 0.499. The van der Waals surface area contributed by atoms with Crippen molar-refractivity contribution in [2.24, 2.45) is 0 Å². The molecule has 1 heterocycles. The second-order valence-corrected chi connectivity index (χ2v) is 7.84. The molecule has 0 atom stereocenters. The Labute approximate surface area is 157 Å². The molecular formula is C17H20ClN5O2S. The molecule has 3 rings (SSSR count). The van der Waals surface area contributed by atoms with Crippen LogP contribution in [0.2, 0.25) is 5.02 Å². The molecule has 1 aromatic heterocycles. The fourth-order valence-electron chi connectivity index (χ4n) is 2.66. The summed E-state index contributed by atoms with van der Waals surface area (Å²) in [5.41, 5.74) is 2.23. The van der Waals surface area contributed by atoms with Crippen molar-refractivity contribution >= 4 is 38.3 Å². The molecule has 2 aromatic carbocycles. The third-order valence-corrected chi connectivity index (χ3v) is 6.05. The van der Waals surface area contributed by atoms with Crippen LogP contribution in [0.1, 0.15) is 19.4 Å². The highest BCUT2D eigenvalue weighted by molar-refractivity contribution is 7.92. The van der Waals surface area contributed by atoms with E-state index < -0.39 is 10.0 Å². The monoisotopic (exact) mass is 393 g/mol. The zero-order valence-corrected chi connectivity index (χ0v) is 16.3. The van der Waals surface area contributed by atoms with Gasteiger partial charge < -0.3 is 0 Å². The highest BCUT2D eigenvalue weighted by atomic mass is 35.5. The molecule has 0 saturated carbocycles. The number of rotatable bonds is 6. The molecule has 1 N–H and O–H groups in total. The number of fused-ring (bicyclic) bond motifs is 1. The van der Waals surface area contributed by atoms with Crippen LogP contribution >= 0.6 is 11.6 Å². The third-order valence-electron chi connectivity index (χ3n) is 4.11. The smallest absolute Gasteiger partial charge is 0.262 e. The summed E-state index contributed by atoms with van der Waals surface area (Å²) < 4.78 is 28.0. The van der Waals surface area contributed by atoms with Gasteiger partial charge >= 0.3 is 0 Å². The second kappa shape index (κ2) is 7.13. The number of nitrogens with zero attached hydrogens (tertiary/aromatic N) is 4. The molecule has 7 nitrogen and oxygen atoms in total. The van der Waals surface area contributed by atoms with E-state index in [-0.39, 0.29) is 4.90 Å². The van der Waals surface area contributed by atoms with E-state index in [1.165, 1.54) is 6.07 Å². The molecule has 0 radical (unpaired) electrons. The average molecular weight is 394 g/mol. The first-order valence-electron chi connectivity index (χ1n) is 8.26. The molecular weight excluding hydrogens is 374 g/mol. The van der Waals surface area contributed by atoms with E-state index in [1.807, 2.05) is 18.9 Å². The minimum atomic E-state index is -3.75. The highest BCUT2D eigenvalue weighted by Gasteiger charge is 2.19. The number of anilines is 1. The lowest BCUT2D eigenvalue weighted by Gasteiger charge is -2.17. The molecule has 0 aliphatic rings. The van der Waals surface area contributed by atoms with Gasteiger partial charge in [0.25, 0.3) is 10.0 Å². The lowest BCUT2D eigenvalue weighted by Crippen LogP contribution is -2.35. The number of hydrogen-bond acceptors (Lipinski definition) is 5. The Morgan fingerprint density at radius 1 is 1.12 bits per heavy atom. The first kappa shape index (κ1) is 18.5. The van der Waals surface area contributed by atoms with E-state index in [0.717, 1.165) is 13.1 Å². The minimum absolute atomic E-state index is 0.150. The van der Waals surface area contributed by atoms with E-state index in [9.17, 15) is 8.42 Å². The Kier molecular flexibility index (Phi) is 5.06. The number of benzene rings is 2. The predicted molar refractivity (Wildman–Crippen MR) is 104 cm³/mol. The lowest BCUT2D eigenvalue weighted by atomic mass is 10.2. The highest BCUT2D eigenvalue weighted by Crippen LogP contribution is 2.25. The van der Waals surface area contributed by atoms with Crippen molar-refractivity contribution in [3.05, 3.63) is 47.0 Å². The van der Waals surface area contributed by atoms with Gasteiger partial charge in [0.05, 0.1) is 10.6 Å². The van der Waals surface area contributed by atoms with Gasteiger partial charge in [-0.1, -0.05) is 22.6 Å². The molecule has 138 valence electrons. The fourth-order valence-corrected chi connectivity index (χ4v) is 4.21. The average Bonchev–Trinajstić information content (AvgIpc) is 3.01. The summed E-state index contributed by atoms with van der Waals surface area (Å²) in [5.74, 6) is 0. The van der Waals surface area contributed by atoms with Gasteiger partial charge in [-0.15, -0.1) is 10.2 Å². The largest absolute Gasteiger partial charge is 0.280 e. The second-order valence-electron chi connectivity index (χ2n) is 5.78. The van der Waals surface area contributed by atoms with Crippen molar-refractivity contribution in [3.63, 3.8) is 0 Å². The first-order valence-corrected chi connectivity index (χ1v) is 10.1. The predicted octanol–water partition coefficient (Wildman–Crippen LogP) is 3.17. The van der Waals surface area contributed by atoms with Crippen LogP contribution in [0.4, 0.5) is 5.69 Å². The Bertz CT molecular complexity index is 1040. The third kappa shape index (κ3) is 3.47. The van der Waals surface area contributed by atoms with Crippen molar-refractivity contribution in [3.8, 4) is 0 Å². The summed E-state index contributed by atoms with van der Waals surface area (Å²) in [7, 11) is -3.75. The van der Waals surface area contributed by atoms with Gasteiger partial charge in [-0.3, -0.25) is 9.73 Å². The maximum Gasteiger partial charge on any atom is 0.262 e. The molecule has 0 unspecified atom stereocenters. The van der Waals surface area contributed by atoms with Crippen molar-refractivity contribution in [2.45, 2.75) is 25.7 Å².